The first-order valence-electron chi connectivity index (χ1n) is 5.71. The maximum absolute atomic E-state index is 12.1. The second kappa shape index (κ2) is 6.60. The second-order valence-electron chi connectivity index (χ2n) is 4.14. The van der Waals surface area contributed by atoms with Crippen molar-refractivity contribution in [2.75, 3.05) is 12.0 Å². The smallest absolute Gasteiger partial charge is 0.244 e. The van der Waals surface area contributed by atoms with E-state index in [1.165, 1.54) is 6.07 Å². The van der Waals surface area contributed by atoms with Gasteiger partial charge in [-0.2, -0.15) is 11.8 Å². The van der Waals surface area contributed by atoms with Gasteiger partial charge in [0.05, 0.1) is 6.54 Å². The summed E-state index contributed by atoms with van der Waals surface area (Å²) in [5.41, 5.74) is 5.43. The number of rotatable bonds is 7. The quantitative estimate of drug-likeness (QED) is 0.795. The Labute approximate surface area is 113 Å². The van der Waals surface area contributed by atoms with Crippen LogP contribution in [0.5, 0.6) is 0 Å². The molecule has 1 aromatic heterocycles. The van der Waals surface area contributed by atoms with Crippen LogP contribution in [0.25, 0.3) is 0 Å². The molecule has 1 atom stereocenters. The number of nitrogens with two attached hydrogens (primary N) is 1. The van der Waals surface area contributed by atoms with Crippen molar-refractivity contribution in [3.05, 3.63) is 17.6 Å². The second-order valence-corrected chi connectivity index (χ2v) is 6.81. The van der Waals surface area contributed by atoms with Crippen LogP contribution in [0, 0.1) is 6.92 Å². The van der Waals surface area contributed by atoms with Crippen LogP contribution >= 0.6 is 11.8 Å². The van der Waals surface area contributed by atoms with Crippen LogP contribution in [0.1, 0.15) is 24.9 Å². The first-order valence-corrected chi connectivity index (χ1v) is 8.59. The van der Waals surface area contributed by atoms with Gasteiger partial charge in [-0.3, -0.25) is 0 Å². The van der Waals surface area contributed by atoms with Crippen LogP contribution in [0.3, 0.4) is 0 Å². The minimum absolute atomic E-state index is 0.0990. The summed E-state index contributed by atoms with van der Waals surface area (Å²) in [6, 6.07) is 1.39. The number of nitrogens with one attached hydrogen (secondary N) is 1. The van der Waals surface area contributed by atoms with Crippen LogP contribution in [0.4, 0.5) is 0 Å². The van der Waals surface area contributed by atoms with Gasteiger partial charge < -0.3 is 10.2 Å². The van der Waals surface area contributed by atoms with Gasteiger partial charge in [-0.05, 0) is 32.3 Å². The summed E-state index contributed by atoms with van der Waals surface area (Å²) in [7, 11) is -3.52. The van der Waals surface area contributed by atoms with E-state index in [9.17, 15) is 8.42 Å². The van der Waals surface area contributed by atoms with Crippen molar-refractivity contribution >= 4 is 21.8 Å². The van der Waals surface area contributed by atoms with Crippen molar-refractivity contribution < 1.29 is 12.8 Å². The Balaban J connectivity index is 2.82. The van der Waals surface area contributed by atoms with Crippen LogP contribution in [-0.4, -0.2) is 26.5 Å². The lowest BCUT2D eigenvalue weighted by molar-refractivity contribution is 0.478. The molecule has 18 heavy (non-hydrogen) atoms. The molecule has 0 aliphatic rings. The molecule has 0 aromatic carbocycles. The van der Waals surface area contributed by atoms with Gasteiger partial charge in [0, 0.05) is 12.1 Å². The lowest BCUT2D eigenvalue weighted by Gasteiger charge is -2.12. The van der Waals surface area contributed by atoms with E-state index in [0.29, 0.717) is 11.5 Å². The lowest BCUT2D eigenvalue weighted by Crippen LogP contribution is -2.33. The Morgan fingerprint density at radius 3 is 2.72 bits per heavy atom. The topological polar surface area (TPSA) is 85.3 Å². The molecule has 5 nitrogen and oxygen atoms in total. The average Bonchev–Trinajstić information content (AvgIpc) is 2.68. The van der Waals surface area contributed by atoms with Crippen LogP contribution < -0.4 is 10.5 Å². The molecule has 0 saturated heterocycles. The zero-order valence-electron chi connectivity index (χ0n) is 10.9. The molecule has 3 N–H and O–H groups in total. The first kappa shape index (κ1) is 15.6. The van der Waals surface area contributed by atoms with E-state index in [1.54, 1.807) is 18.7 Å². The van der Waals surface area contributed by atoms with E-state index < -0.39 is 10.0 Å². The minimum atomic E-state index is -3.52. The molecule has 0 radical (unpaired) electrons. The predicted molar refractivity (Wildman–Crippen MR) is 74.1 cm³/mol. The van der Waals surface area contributed by atoms with Gasteiger partial charge in [0.25, 0.3) is 0 Å². The van der Waals surface area contributed by atoms with Crippen LogP contribution in [-0.2, 0) is 16.6 Å². The maximum atomic E-state index is 12.1. The molecule has 0 aliphatic carbocycles. The average molecular weight is 292 g/mol. The lowest BCUT2D eigenvalue weighted by atomic mass is 10.3. The highest BCUT2D eigenvalue weighted by Crippen LogP contribution is 2.20. The van der Waals surface area contributed by atoms with E-state index in [-0.39, 0.29) is 17.5 Å². The first-order chi connectivity index (χ1) is 8.40. The molecule has 0 amide bonds. The zero-order chi connectivity index (χ0) is 13.8. The number of hydrogen-bond donors (Lipinski definition) is 2. The fraction of sp³-hybridized carbons (Fsp3) is 0.636. The molecule has 1 heterocycles. The molecular formula is C11H20N2O3S2. The molecule has 0 fully saturated rings. The summed E-state index contributed by atoms with van der Waals surface area (Å²) in [6.45, 7) is 3.67. The van der Waals surface area contributed by atoms with Gasteiger partial charge >= 0.3 is 0 Å². The highest BCUT2D eigenvalue weighted by molar-refractivity contribution is 7.98. The number of hydrogen-bond acceptors (Lipinski definition) is 5. The van der Waals surface area contributed by atoms with Gasteiger partial charge in [-0.1, -0.05) is 0 Å². The van der Waals surface area contributed by atoms with Crippen molar-refractivity contribution in [2.45, 2.75) is 37.8 Å². The summed E-state index contributed by atoms with van der Waals surface area (Å²) in [5.74, 6) is 1.77. The SMILES string of the molecule is CSCCC(C)NS(=O)(=O)c1cc(CN)oc1C. The highest BCUT2D eigenvalue weighted by Gasteiger charge is 2.22. The molecule has 0 spiro atoms. The Morgan fingerprint density at radius 1 is 1.56 bits per heavy atom. The summed E-state index contributed by atoms with van der Waals surface area (Å²) in [4.78, 5) is 0.180. The molecule has 104 valence electrons. The molecule has 0 aliphatic heterocycles. The van der Waals surface area contributed by atoms with Crippen molar-refractivity contribution in [3.63, 3.8) is 0 Å². The largest absolute Gasteiger partial charge is 0.464 e. The maximum Gasteiger partial charge on any atom is 0.244 e. The number of sulfonamides is 1. The van der Waals surface area contributed by atoms with Gasteiger partial charge in [0.1, 0.15) is 16.4 Å². The van der Waals surface area contributed by atoms with Crippen molar-refractivity contribution in [1.29, 1.82) is 0 Å². The Bertz CT molecular complexity index is 482. The Kier molecular flexibility index (Phi) is 5.71. The molecular weight excluding hydrogens is 272 g/mol. The predicted octanol–water partition coefficient (Wildman–Crippen LogP) is 1.47. The minimum Gasteiger partial charge on any atom is -0.464 e. The molecule has 1 unspecified atom stereocenters. The van der Waals surface area contributed by atoms with E-state index in [1.807, 2.05) is 13.2 Å². The fourth-order valence-electron chi connectivity index (χ4n) is 1.57. The molecule has 0 saturated carbocycles. The van der Waals surface area contributed by atoms with Crippen LogP contribution in [0.15, 0.2) is 15.4 Å². The zero-order valence-corrected chi connectivity index (χ0v) is 12.5. The van der Waals surface area contributed by atoms with Crippen molar-refractivity contribution in [2.24, 2.45) is 5.73 Å². The molecule has 0 bridgehead atoms. The van der Waals surface area contributed by atoms with Gasteiger partial charge in [0.2, 0.25) is 10.0 Å². The fourth-order valence-corrected chi connectivity index (χ4v) is 3.64. The van der Waals surface area contributed by atoms with E-state index in [0.717, 1.165) is 12.2 Å². The summed E-state index contributed by atoms with van der Waals surface area (Å²) in [5, 5.41) is 0. The van der Waals surface area contributed by atoms with Crippen LogP contribution in [0.2, 0.25) is 0 Å². The Morgan fingerprint density at radius 2 is 2.22 bits per heavy atom. The summed E-state index contributed by atoms with van der Waals surface area (Å²) < 4.78 is 32.2. The van der Waals surface area contributed by atoms with Gasteiger partial charge in [0.15, 0.2) is 0 Å². The molecule has 1 rings (SSSR count). The number of thioether (sulfide) groups is 1. The number of furan rings is 1. The third-order valence-electron chi connectivity index (χ3n) is 2.53. The summed E-state index contributed by atoms with van der Waals surface area (Å²) >= 11 is 1.69. The standard InChI is InChI=1S/C11H20N2O3S2/c1-8(4-5-17-3)13-18(14,15)11-6-10(7-12)16-9(11)2/h6,8,13H,4-5,7,12H2,1-3H3. The molecule has 7 heteroatoms. The van der Waals surface area contributed by atoms with Crippen molar-refractivity contribution in [1.82, 2.24) is 4.72 Å². The van der Waals surface area contributed by atoms with E-state index in [2.05, 4.69) is 4.72 Å². The number of aryl methyl sites for hydroxylation is 1. The molecule has 1 aromatic rings. The van der Waals surface area contributed by atoms with E-state index in [4.69, 9.17) is 10.2 Å². The van der Waals surface area contributed by atoms with Gasteiger partial charge in [-0.25, -0.2) is 13.1 Å². The van der Waals surface area contributed by atoms with E-state index >= 15 is 0 Å². The van der Waals surface area contributed by atoms with Crippen molar-refractivity contribution in [3.8, 4) is 0 Å². The third-order valence-corrected chi connectivity index (χ3v) is 4.87. The van der Waals surface area contributed by atoms with Gasteiger partial charge in [-0.15, -0.1) is 0 Å². The highest BCUT2D eigenvalue weighted by atomic mass is 32.2. The summed E-state index contributed by atoms with van der Waals surface area (Å²) in [6.07, 6.45) is 2.79. The Hall–Kier alpha value is -0.500. The third kappa shape index (κ3) is 4.01. The monoisotopic (exact) mass is 292 g/mol. The normalized spacial score (nSPS) is 13.8.